The van der Waals surface area contributed by atoms with Gasteiger partial charge in [0.1, 0.15) is 18.1 Å². The van der Waals surface area contributed by atoms with Crippen molar-refractivity contribution in [3.8, 4) is 5.88 Å². The highest BCUT2D eigenvalue weighted by Crippen LogP contribution is 2.41. The molecule has 0 bridgehead atoms. The third kappa shape index (κ3) is 2.80. The number of hydrogen-bond donors (Lipinski definition) is 0. The lowest BCUT2D eigenvalue weighted by molar-refractivity contribution is 0.289. The Labute approximate surface area is 140 Å². The number of pyridine rings is 1. The lowest BCUT2D eigenvalue weighted by Crippen LogP contribution is -1.97. The first-order chi connectivity index (χ1) is 10.7. The van der Waals surface area contributed by atoms with Gasteiger partial charge in [0.05, 0.1) is 10.2 Å². The molecule has 7 heteroatoms. The number of halogens is 2. The molecule has 1 fully saturated rings. The fraction of sp³-hybridized carbons (Fsp3) is 0.267. The molecule has 5 nitrogen and oxygen atoms in total. The largest absolute Gasteiger partial charge is 0.471 e. The first kappa shape index (κ1) is 14.0. The summed E-state index contributed by atoms with van der Waals surface area (Å²) in [5.74, 6) is 1.14. The molecule has 0 spiro atoms. The van der Waals surface area contributed by atoms with E-state index in [1.807, 2.05) is 10.6 Å². The topological polar surface area (TPSA) is 52.3 Å². The van der Waals surface area contributed by atoms with Crippen LogP contribution in [0.3, 0.4) is 0 Å². The zero-order valence-corrected chi connectivity index (χ0v) is 13.9. The summed E-state index contributed by atoms with van der Waals surface area (Å²) in [5.41, 5.74) is 3.08. The van der Waals surface area contributed by atoms with E-state index >= 15 is 0 Å². The highest BCUT2D eigenvalue weighted by molar-refractivity contribution is 9.10. The van der Waals surface area contributed by atoms with Gasteiger partial charge in [0.25, 0.3) is 0 Å². The van der Waals surface area contributed by atoms with E-state index in [1.54, 1.807) is 6.07 Å². The molecule has 1 aliphatic carbocycles. The maximum atomic E-state index is 5.81. The van der Waals surface area contributed by atoms with Gasteiger partial charge >= 0.3 is 0 Å². The van der Waals surface area contributed by atoms with Crippen LogP contribution in [-0.4, -0.2) is 19.4 Å². The van der Waals surface area contributed by atoms with Crippen LogP contribution in [0.2, 0.25) is 5.15 Å². The minimum Gasteiger partial charge on any atom is -0.471 e. The van der Waals surface area contributed by atoms with Crippen LogP contribution in [0.5, 0.6) is 5.88 Å². The Kier molecular flexibility index (Phi) is 3.50. The minimum atomic E-state index is 0.334. The molecule has 0 amide bonds. The lowest BCUT2D eigenvalue weighted by Gasteiger charge is -2.01. The number of aromatic nitrogens is 4. The number of hydrogen-bond acceptors (Lipinski definition) is 4. The Morgan fingerprint density at radius 3 is 2.91 bits per heavy atom. The van der Waals surface area contributed by atoms with Crippen LogP contribution in [-0.2, 0) is 6.61 Å². The number of nitrogens with zero attached hydrogens (tertiary/aromatic N) is 4. The normalized spacial score (nSPS) is 14.5. The quantitative estimate of drug-likeness (QED) is 0.643. The van der Waals surface area contributed by atoms with Crippen LogP contribution < -0.4 is 4.74 Å². The van der Waals surface area contributed by atoms with Gasteiger partial charge in [0.15, 0.2) is 5.65 Å². The molecule has 0 radical (unpaired) electrons. The van der Waals surface area contributed by atoms with Crippen LogP contribution in [0, 0.1) is 0 Å². The molecule has 0 aromatic carbocycles. The molecule has 0 atom stereocenters. The van der Waals surface area contributed by atoms with E-state index in [9.17, 15) is 0 Å². The van der Waals surface area contributed by atoms with E-state index in [4.69, 9.17) is 16.3 Å². The van der Waals surface area contributed by atoms with Gasteiger partial charge in [0, 0.05) is 18.5 Å². The minimum absolute atomic E-state index is 0.334. The zero-order valence-electron chi connectivity index (χ0n) is 11.5. The van der Waals surface area contributed by atoms with Crippen molar-refractivity contribution in [3.63, 3.8) is 0 Å². The summed E-state index contributed by atoms with van der Waals surface area (Å²) in [6.07, 6.45) is 8.05. The van der Waals surface area contributed by atoms with Crippen molar-refractivity contribution in [3.05, 3.63) is 51.7 Å². The molecule has 0 saturated heterocycles. The predicted molar refractivity (Wildman–Crippen MR) is 86.2 cm³/mol. The fourth-order valence-corrected chi connectivity index (χ4v) is 3.08. The van der Waals surface area contributed by atoms with Gasteiger partial charge in [0.2, 0.25) is 5.88 Å². The van der Waals surface area contributed by atoms with E-state index in [-0.39, 0.29) is 0 Å². The summed E-state index contributed by atoms with van der Waals surface area (Å²) in [6, 6.07) is 3.74. The van der Waals surface area contributed by atoms with Gasteiger partial charge in [-0.1, -0.05) is 11.6 Å². The van der Waals surface area contributed by atoms with Gasteiger partial charge < -0.3 is 9.14 Å². The van der Waals surface area contributed by atoms with Crippen LogP contribution in [0.4, 0.5) is 0 Å². The second-order valence-electron chi connectivity index (χ2n) is 5.33. The molecule has 112 valence electrons. The van der Waals surface area contributed by atoms with Crippen molar-refractivity contribution >= 4 is 33.2 Å². The predicted octanol–water partition coefficient (Wildman–Crippen LogP) is 4.00. The van der Waals surface area contributed by atoms with Crippen LogP contribution >= 0.6 is 27.5 Å². The van der Waals surface area contributed by atoms with Crippen molar-refractivity contribution in [2.75, 3.05) is 0 Å². The van der Waals surface area contributed by atoms with Crippen LogP contribution in [0.15, 0.2) is 35.3 Å². The Hall–Kier alpha value is -1.66. The van der Waals surface area contributed by atoms with Gasteiger partial charge in [-0.25, -0.2) is 15.0 Å². The molecule has 1 aliphatic rings. The molecule has 1 saturated carbocycles. The third-order valence-electron chi connectivity index (χ3n) is 3.60. The summed E-state index contributed by atoms with van der Waals surface area (Å²) in [6.45, 7) is 0.334. The van der Waals surface area contributed by atoms with Gasteiger partial charge in [-0.05, 0) is 46.3 Å². The molecule has 22 heavy (non-hydrogen) atoms. The van der Waals surface area contributed by atoms with Gasteiger partial charge in [-0.15, -0.1) is 0 Å². The monoisotopic (exact) mass is 378 g/mol. The maximum absolute atomic E-state index is 5.81. The average Bonchev–Trinajstić information content (AvgIpc) is 3.26. The molecule has 3 aromatic rings. The van der Waals surface area contributed by atoms with Crippen molar-refractivity contribution in [1.29, 1.82) is 0 Å². The molecule has 3 heterocycles. The Morgan fingerprint density at radius 2 is 2.14 bits per heavy atom. The van der Waals surface area contributed by atoms with E-state index in [2.05, 4.69) is 43.1 Å². The smallest absolute Gasteiger partial charge is 0.218 e. The van der Waals surface area contributed by atoms with E-state index in [1.165, 1.54) is 24.7 Å². The summed E-state index contributed by atoms with van der Waals surface area (Å²) in [4.78, 5) is 12.4. The molecule has 3 aromatic heterocycles. The van der Waals surface area contributed by atoms with E-state index in [0.717, 1.165) is 15.8 Å². The Balaban J connectivity index is 1.58. The molecular formula is C15H12BrClN4O. The maximum Gasteiger partial charge on any atom is 0.218 e. The van der Waals surface area contributed by atoms with Crippen molar-refractivity contribution in [2.45, 2.75) is 25.4 Å². The Morgan fingerprint density at radius 1 is 1.27 bits per heavy atom. The molecule has 0 aliphatic heterocycles. The van der Waals surface area contributed by atoms with Crippen LogP contribution in [0.25, 0.3) is 5.65 Å². The zero-order chi connectivity index (χ0) is 15.1. The fourth-order valence-electron chi connectivity index (χ4n) is 2.38. The van der Waals surface area contributed by atoms with Crippen molar-refractivity contribution in [2.24, 2.45) is 0 Å². The van der Waals surface area contributed by atoms with Gasteiger partial charge in [-0.2, -0.15) is 0 Å². The highest BCUT2D eigenvalue weighted by Gasteiger charge is 2.24. The SMILES string of the molecule is Clc1cc(OCc2cn3cc(C4CC4)cc(Br)c3n2)ncn1. The molecule has 0 unspecified atom stereocenters. The number of ether oxygens (including phenoxy) is 1. The second-order valence-corrected chi connectivity index (χ2v) is 6.57. The first-order valence-electron chi connectivity index (χ1n) is 6.96. The molecule has 0 N–H and O–H groups in total. The summed E-state index contributed by atoms with van der Waals surface area (Å²) >= 11 is 9.41. The summed E-state index contributed by atoms with van der Waals surface area (Å²) < 4.78 is 8.66. The van der Waals surface area contributed by atoms with E-state index < -0.39 is 0 Å². The lowest BCUT2D eigenvalue weighted by atomic mass is 10.2. The summed E-state index contributed by atoms with van der Waals surface area (Å²) in [5, 5.41) is 0.358. The van der Waals surface area contributed by atoms with Crippen LogP contribution in [0.1, 0.15) is 30.0 Å². The standard InChI is InChI=1S/C15H12BrClN4O/c16-12-3-10(9-1-2-9)5-21-6-11(20-15(12)21)7-22-14-4-13(17)18-8-19-14/h3-6,8-9H,1-2,7H2. The number of imidazole rings is 1. The van der Waals surface area contributed by atoms with Crippen molar-refractivity contribution in [1.82, 2.24) is 19.4 Å². The highest BCUT2D eigenvalue weighted by atomic mass is 79.9. The van der Waals surface area contributed by atoms with E-state index in [0.29, 0.717) is 23.6 Å². The summed E-state index contributed by atoms with van der Waals surface area (Å²) in [7, 11) is 0. The second kappa shape index (κ2) is 5.52. The van der Waals surface area contributed by atoms with Gasteiger partial charge in [-0.3, -0.25) is 0 Å². The van der Waals surface area contributed by atoms with Crippen molar-refractivity contribution < 1.29 is 4.74 Å². The Bertz CT molecular complexity index is 847. The third-order valence-corrected chi connectivity index (χ3v) is 4.39. The number of rotatable bonds is 4. The average molecular weight is 380 g/mol. The molecule has 4 rings (SSSR count). The number of fused-ring (bicyclic) bond motifs is 1. The first-order valence-corrected chi connectivity index (χ1v) is 8.13. The molecular weight excluding hydrogens is 368 g/mol.